The monoisotopic (exact) mass is 735 g/mol. The molecular weight excluding hydrogens is 691 g/mol. The zero-order chi connectivity index (χ0) is 37.8. The third-order valence-electron chi connectivity index (χ3n) is 12.6. The Morgan fingerprint density at radius 3 is 1.65 bits per heavy atom. The van der Waals surface area contributed by atoms with Crippen molar-refractivity contribution in [2.75, 3.05) is 4.90 Å². The highest BCUT2D eigenvalue weighted by Crippen LogP contribution is 2.58. The molecule has 276 valence electrons. The minimum atomic E-state index is -0.205. The summed E-state index contributed by atoms with van der Waals surface area (Å²) in [7, 11) is 0. The lowest BCUT2D eigenvalue weighted by molar-refractivity contribution is 0.659. The van der Waals surface area contributed by atoms with Crippen LogP contribution in [0.15, 0.2) is 180 Å². The summed E-state index contributed by atoms with van der Waals surface area (Å²) >= 11 is 0. The number of nitrogens with zero attached hydrogens (tertiary/aromatic N) is 1. The smallest absolute Gasteiger partial charge is 0.143 e. The minimum absolute atomic E-state index is 0. The number of hydrogen-bond acceptors (Lipinski definition) is 2. The molecule has 0 bridgehead atoms. The van der Waals surface area contributed by atoms with Gasteiger partial charge in [0, 0.05) is 44.0 Å². The molecule has 0 aliphatic heterocycles. The Morgan fingerprint density at radius 2 is 0.912 bits per heavy atom. The number of fused-ring (bicyclic) bond motifs is 9. The molecule has 8 aromatic carbocycles. The van der Waals surface area contributed by atoms with Crippen molar-refractivity contribution >= 4 is 39.0 Å². The van der Waals surface area contributed by atoms with E-state index in [0.29, 0.717) is 0 Å². The van der Waals surface area contributed by atoms with Crippen LogP contribution in [0.2, 0.25) is 0 Å². The lowest BCUT2D eigenvalue weighted by atomic mass is 9.81. The number of rotatable bonds is 5. The molecule has 9 aromatic rings. The fourth-order valence-electron chi connectivity index (χ4n) is 10.0. The molecule has 11 rings (SSSR count). The first-order valence-electron chi connectivity index (χ1n) is 19.7. The Hall–Kier alpha value is -6.64. The Labute approximate surface area is 335 Å². The maximum absolute atomic E-state index is 6.93. The van der Waals surface area contributed by atoms with Crippen molar-refractivity contribution in [3.8, 4) is 44.5 Å². The number of para-hydroxylation sites is 2. The van der Waals surface area contributed by atoms with Gasteiger partial charge in [-0.1, -0.05) is 187 Å². The third-order valence-corrected chi connectivity index (χ3v) is 12.6. The van der Waals surface area contributed by atoms with Gasteiger partial charge in [-0.05, 0) is 74.3 Å². The molecule has 57 heavy (non-hydrogen) atoms. The minimum Gasteiger partial charge on any atom is -0.455 e. The highest BCUT2D eigenvalue weighted by atomic mass is 16.3. The van der Waals surface area contributed by atoms with E-state index in [4.69, 9.17) is 4.42 Å². The molecule has 2 aliphatic rings. The van der Waals surface area contributed by atoms with Crippen molar-refractivity contribution in [3.05, 3.63) is 198 Å². The van der Waals surface area contributed by atoms with E-state index in [1.54, 1.807) is 0 Å². The number of benzene rings is 8. The molecule has 0 saturated carbocycles. The molecule has 0 radical (unpaired) electrons. The highest BCUT2D eigenvalue weighted by molar-refractivity contribution is 6.13. The number of hydrogen-bond donors (Lipinski definition) is 0. The first kappa shape index (κ1) is 34.8. The quantitative estimate of drug-likeness (QED) is 0.175. The van der Waals surface area contributed by atoms with E-state index in [1.165, 1.54) is 55.9 Å². The number of furan rings is 1. The summed E-state index contributed by atoms with van der Waals surface area (Å²) in [6, 6.07) is 64.3. The lowest BCUT2D eigenvalue weighted by Gasteiger charge is -2.34. The van der Waals surface area contributed by atoms with Gasteiger partial charge in [0.15, 0.2) is 0 Å². The predicted octanol–water partition coefficient (Wildman–Crippen LogP) is 15.6. The highest BCUT2D eigenvalue weighted by Gasteiger charge is 2.41. The van der Waals surface area contributed by atoms with Gasteiger partial charge in [0.1, 0.15) is 11.2 Å². The Bertz CT molecular complexity index is 3030. The van der Waals surface area contributed by atoms with Crippen LogP contribution < -0.4 is 4.90 Å². The Morgan fingerprint density at radius 1 is 0.404 bits per heavy atom. The van der Waals surface area contributed by atoms with E-state index in [1.807, 2.05) is 0 Å². The molecule has 0 amide bonds. The molecule has 0 saturated heterocycles. The van der Waals surface area contributed by atoms with Gasteiger partial charge in [0.25, 0.3) is 0 Å². The summed E-state index contributed by atoms with van der Waals surface area (Å²) in [5, 5.41) is 2.25. The van der Waals surface area contributed by atoms with Crippen LogP contribution in [0.3, 0.4) is 0 Å². The molecule has 1 heterocycles. The van der Waals surface area contributed by atoms with Crippen LogP contribution in [0.1, 0.15) is 57.4 Å². The van der Waals surface area contributed by atoms with Crippen molar-refractivity contribution in [2.24, 2.45) is 0 Å². The molecule has 2 heteroatoms. The van der Waals surface area contributed by atoms with E-state index in [0.717, 1.165) is 49.9 Å². The Balaban J connectivity index is 0.00000396. The SMILES string of the molecule is C.CC1(C)c2ccccc2-c2c(N(c3cccc(-c4cccc5c4oc4c(-c6ccccc6)cccc45)c3)c3cccc4c3C(C)(C)c3ccccc3-4)cccc21. The summed E-state index contributed by atoms with van der Waals surface area (Å²) in [5.41, 5.74) is 20.1. The molecule has 2 nitrogen and oxygen atoms in total. The van der Waals surface area contributed by atoms with Crippen molar-refractivity contribution < 1.29 is 4.42 Å². The van der Waals surface area contributed by atoms with Gasteiger partial charge < -0.3 is 9.32 Å². The summed E-state index contributed by atoms with van der Waals surface area (Å²) < 4.78 is 6.93. The second kappa shape index (κ2) is 12.7. The second-order valence-corrected chi connectivity index (χ2v) is 16.5. The fraction of sp³-hybridized carbons (Fsp3) is 0.127. The lowest BCUT2D eigenvalue weighted by Crippen LogP contribution is -2.21. The van der Waals surface area contributed by atoms with E-state index >= 15 is 0 Å². The van der Waals surface area contributed by atoms with Crippen LogP contribution in [-0.4, -0.2) is 0 Å². The van der Waals surface area contributed by atoms with Crippen molar-refractivity contribution in [3.63, 3.8) is 0 Å². The summed E-state index contributed by atoms with van der Waals surface area (Å²) in [6.45, 7) is 9.50. The van der Waals surface area contributed by atoms with Gasteiger partial charge in [-0.2, -0.15) is 0 Å². The van der Waals surface area contributed by atoms with E-state index in [-0.39, 0.29) is 18.3 Å². The normalized spacial score (nSPS) is 14.1. The molecule has 0 atom stereocenters. The van der Waals surface area contributed by atoms with Crippen LogP contribution in [-0.2, 0) is 10.8 Å². The van der Waals surface area contributed by atoms with Gasteiger partial charge >= 0.3 is 0 Å². The summed E-state index contributed by atoms with van der Waals surface area (Å²) in [6.07, 6.45) is 0. The van der Waals surface area contributed by atoms with E-state index in [9.17, 15) is 0 Å². The van der Waals surface area contributed by atoms with E-state index < -0.39 is 0 Å². The second-order valence-electron chi connectivity index (χ2n) is 16.5. The van der Waals surface area contributed by atoms with Crippen molar-refractivity contribution in [1.82, 2.24) is 0 Å². The predicted molar refractivity (Wildman–Crippen MR) is 241 cm³/mol. The number of anilines is 3. The molecule has 2 aliphatic carbocycles. The molecular formula is C55H45NO. The zero-order valence-electron chi connectivity index (χ0n) is 32.1. The van der Waals surface area contributed by atoms with Crippen molar-refractivity contribution in [2.45, 2.75) is 46.0 Å². The van der Waals surface area contributed by atoms with Gasteiger partial charge in [-0.3, -0.25) is 0 Å². The van der Waals surface area contributed by atoms with Gasteiger partial charge in [0.05, 0.1) is 11.4 Å². The first-order valence-corrected chi connectivity index (χ1v) is 19.7. The fourth-order valence-corrected chi connectivity index (χ4v) is 10.0. The van der Waals surface area contributed by atoms with Crippen LogP contribution in [0.5, 0.6) is 0 Å². The van der Waals surface area contributed by atoms with Gasteiger partial charge in [0.2, 0.25) is 0 Å². The Kier molecular flexibility index (Phi) is 7.76. The maximum Gasteiger partial charge on any atom is 0.143 e. The molecule has 0 spiro atoms. The largest absolute Gasteiger partial charge is 0.455 e. The molecule has 1 aromatic heterocycles. The van der Waals surface area contributed by atoms with Crippen LogP contribution in [0.4, 0.5) is 17.1 Å². The molecule has 0 N–H and O–H groups in total. The van der Waals surface area contributed by atoms with Crippen LogP contribution >= 0.6 is 0 Å². The summed E-state index contributed by atoms with van der Waals surface area (Å²) in [5.74, 6) is 0. The van der Waals surface area contributed by atoms with Gasteiger partial charge in [-0.25, -0.2) is 0 Å². The average molecular weight is 736 g/mol. The zero-order valence-corrected chi connectivity index (χ0v) is 32.1. The van der Waals surface area contributed by atoms with Crippen LogP contribution in [0, 0.1) is 0 Å². The van der Waals surface area contributed by atoms with Crippen molar-refractivity contribution in [1.29, 1.82) is 0 Å². The van der Waals surface area contributed by atoms with Crippen LogP contribution in [0.25, 0.3) is 66.4 Å². The first-order chi connectivity index (χ1) is 27.3. The average Bonchev–Trinajstić information content (AvgIpc) is 3.82. The van der Waals surface area contributed by atoms with Gasteiger partial charge in [-0.15, -0.1) is 0 Å². The maximum atomic E-state index is 6.93. The molecule has 0 unspecified atom stereocenters. The summed E-state index contributed by atoms with van der Waals surface area (Å²) in [4.78, 5) is 2.54. The third kappa shape index (κ3) is 4.96. The molecule has 0 fully saturated rings. The topological polar surface area (TPSA) is 16.4 Å². The van der Waals surface area contributed by atoms with E-state index in [2.05, 4.69) is 209 Å². The standard InChI is InChI=1S/C54H41NO.CH4/c1-53(2)45-29-11-9-22-43(45)49-46(53)30-16-31-47(49)55(48-32-15-25-40-39-21-8-10-28-44(39)54(3,4)50(40)48)36-20-12-19-35(33-36)38-24-14-27-42-41-26-13-23-37(51(41)56-52(38)42)34-17-6-5-7-18-34;/h5-33H,1-4H3;1H4.